The molecule has 0 saturated heterocycles. The quantitative estimate of drug-likeness (QED) is 0.525. The zero-order valence-corrected chi connectivity index (χ0v) is 14.2. The van der Waals surface area contributed by atoms with E-state index in [0.29, 0.717) is 21.9 Å². The third-order valence-corrected chi connectivity index (χ3v) is 3.94. The number of rotatable bonds is 6. The second kappa shape index (κ2) is 7.46. The Balaban J connectivity index is 1.81. The van der Waals surface area contributed by atoms with Crippen LogP contribution in [0.3, 0.4) is 0 Å². The number of H-pyrrole nitrogens is 1. The number of carbonyl (C=O) groups excluding carboxylic acids is 2. The summed E-state index contributed by atoms with van der Waals surface area (Å²) in [6, 6.07) is 11.3. The van der Waals surface area contributed by atoms with E-state index in [2.05, 4.69) is 15.3 Å². The maximum Gasteiger partial charge on any atom is 0.268 e. The number of ketones is 1. The Morgan fingerprint density at radius 3 is 2.76 bits per heavy atom. The number of amides is 1. The summed E-state index contributed by atoms with van der Waals surface area (Å²) in [5.74, 6) is -0.615. The van der Waals surface area contributed by atoms with Crippen molar-refractivity contribution >= 4 is 34.2 Å². The fourth-order valence-electron chi connectivity index (χ4n) is 2.52. The summed E-state index contributed by atoms with van der Waals surface area (Å²) in [5, 5.41) is 3.82. The predicted octanol–water partition coefficient (Wildman–Crippen LogP) is 2.84. The fourth-order valence-corrected chi connectivity index (χ4v) is 2.68. The van der Waals surface area contributed by atoms with E-state index in [4.69, 9.17) is 16.3 Å². The van der Waals surface area contributed by atoms with Crippen LogP contribution in [0.25, 0.3) is 10.9 Å². The van der Waals surface area contributed by atoms with Gasteiger partial charge < -0.3 is 15.0 Å². The number of pyridine rings is 1. The van der Waals surface area contributed by atoms with E-state index in [1.807, 2.05) is 6.07 Å². The Morgan fingerprint density at radius 1 is 1.28 bits per heavy atom. The molecule has 0 aliphatic rings. The number of carbonyl (C=O) groups is 2. The Kier molecular flexibility index (Phi) is 5.11. The molecule has 0 aliphatic heterocycles. The highest BCUT2D eigenvalue weighted by Gasteiger charge is 2.23. The first-order chi connectivity index (χ1) is 12.1. The van der Waals surface area contributed by atoms with Gasteiger partial charge in [-0.15, -0.1) is 0 Å². The average Bonchev–Trinajstić information content (AvgIpc) is 3.04. The van der Waals surface area contributed by atoms with Crippen molar-refractivity contribution in [2.24, 2.45) is 0 Å². The van der Waals surface area contributed by atoms with Crippen LogP contribution in [0, 0.1) is 0 Å². The minimum absolute atomic E-state index is 0.0765. The number of benzene rings is 1. The van der Waals surface area contributed by atoms with Crippen molar-refractivity contribution in [2.75, 3.05) is 13.7 Å². The first-order valence-corrected chi connectivity index (χ1v) is 7.99. The van der Waals surface area contributed by atoms with Gasteiger partial charge in [0.25, 0.3) is 5.91 Å². The number of aromatic nitrogens is 2. The van der Waals surface area contributed by atoms with Crippen LogP contribution in [0.5, 0.6) is 0 Å². The van der Waals surface area contributed by atoms with E-state index in [1.54, 1.807) is 42.6 Å². The number of fused-ring (bicyclic) bond motifs is 1. The topological polar surface area (TPSA) is 84.1 Å². The van der Waals surface area contributed by atoms with E-state index >= 15 is 0 Å². The Labute approximate surface area is 149 Å². The molecule has 25 heavy (non-hydrogen) atoms. The molecule has 0 radical (unpaired) electrons. The first kappa shape index (κ1) is 17.1. The Bertz CT molecular complexity index is 908. The smallest absolute Gasteiger partial charge is 0.268 e. The molecule has 0 saturated carbocycles. The lowest BCUT2D eigenvalue weighted by molar-refractivity contribution is 0.0775. The summed E-state index contributed by atoms with van der Waals surface area (Å²) in [6.45, 7) is 0.0765. The summed E-state index contributed by atoms with van der Waals surface area (Å²) < 4.78 is 5.08. The molecule has 0 fully saturated rings. The van der Waals surface area contributed by atoms with Crippen molar-refractivity contribution in [1.82, 2.24) is 15.3 Å². The van der Waals surface area contributed by atoms with Gasteiger partial charge in [0.15, 0.2) is 5.78 Å². The predicted molar refractivity (Wildman–Crippen MR) is 95.0 cm³/mol. The van der Waals surface area contributed by atoms with Crippen molar-refractivity contribution in [3.05, 3.63) is 65.1 Å². The molecule has 0 unspecified atom stereocenters. The van der Waals surface area contributed by atoms with Gasteiger partial charge in [0.1, 0.15) is 16.9 Å². The highest BCUT2D eigenvalue weighted by molar-refractivity contribution is 6.30. The summed E-state index contributed by atoms with van der Waals surface area (Å²) in [5.41, 5.74) is 1.52. The number of nitrogens with one attached hydrogen (secondary N) is 2. The number of aromatic amines is 1. The van der Waals surface area contributed by atoms with Crippen molar-refractivity contribution in [3.63, 3.8) is 0 Å². The maximum atomic E-state index is 12.6. The van der Waals surface area contributed by atoms with Gasteiger partial charge in [-0.25, -0.2) is 4.98 Å². The Morgan fingerprint density at radius 2 is 2.04 bits per heavy atom. The van der Waals surface area contributed by atoms with E-state index in [1.165, 1.54) is 7.11 Å². The molecule has 1 atom stereocenters. The van der Waals surface area contributed by atoms with Gasteiger partial charge in [0, 0.05) is 18.1 Å². The van der Waals surface area contributed by atoms with Crippen LogP contribution in [0.2, 0.25) is 5.15 Å². The van der Waals surface area contributed by atoms with Crippen LogP contribution in [-0.2, 0) is 4.74 Å². The van der Waals surface area contributed by atoms with Gasteiger partial charge in [0.2, 0.25) is 0 Å². The van der Waals surface area contributed by atoms with Gasteiger partial charge >= 0.3 is 0 Å². The minimum Gasteiger partial charge on any atom is -0.382 e. The molecule has 3 aromatic rings. The molecule has 1 amide bonds. The van der Waals surface area contributed by atoms with E-state index in [-0.39, 0.29) is 12.4 Å². The highest BCUT2D eigenvalue weighted by atomic mass is 35.5. The molecule has 128 valence electrons. The lowest BCUT2D eigenvalue weighted by Crippen LogP contribution is -2.44. The van der Waals surface area contributed by atoms with Gasteiger partial charge in [-0.05, 0) is 12.1 Å². The number of hydrogen-bond donors (Lipinski definition) is 2. The van der Waals surface area contributed by atoms with Crippen LogP contribution in [-0.4, -0.2) is 41.4 Å². The second-order valence-corrected chi connectivity index (χ2v) is 5.88. The summed E-state index contributed by atoms with van der Waals surface area (Å²) >= 11 is 5.86. The maximum absolute atomic E-state index is 12.6. The molecular formula is C18H16ClN3O3. The van der Waals surface area contributed by atoms with Gasteiger partial charge in [-0.3, -0.25) is 9.59 Å². The molecule has 2 N–H and O–H groups in total. The average molecular weight is 358 g/mol. The van der Waals surface area contributed by atoms with Gasteiger partial charge in [-0.2, -0.15) is 0 Å². The zero-order valence-electron chi connectivity index (χ0n) is 13.5. The molecule has 0 aliphatic carbocycles. The van der Waals surface area contributed by atoms with Crippen LogP contribution in [0.1, 0.15) is 20.8 Å². The number of methoxy groups -OCH3 is 1. The van der Waals surface area contributed by atoms with E-state index < -0.39 is 11.9 Å². The second-order valence-electron chi connectivity index (χ2n) is 5.49. The van der Waals surface area contributed by atoms with Crippen LogP contribution >= 0.6 is 11.6 Å². The standard InChI is InChI=1S/C18H16ClN3O3/c1-25-10-15(17(23)11-5-3-2-4-6-11)22-18(24)13-7-12-8-16(19)20-9-14(12)21-13/h2-9,15,21H,10H2,1H3,(H,22,24)/t15-/m0/s1. The summed E-state index contributed by atoms with van der Waals surface area (Å²) in [7, 11) is 1.48. The first-order valence-electron chi connectivity index (χ1n) is 7.62. The number of hydrogen-bond acceptors (Lipinski definition) is 4. The third-order valence-electron chi connectivity index (χ3n) is 3.73. The van der Waals surface area contributed by atoms with Gasteiger partial charge in [0.05, 0.1) is 18.3 Å². The molecule has 1 aromatic carbocycles. The minimum atomic E-state index is -0.784. The van der Waals surface area contributed by atoms with Crippen LogP contribution in [0.4, 0.5) is 0 Å². The molecule has 6 nitrogen and oxygen atoms in total. The fraction of sp³-hybridized carbons (Fsp3) is 0.167. The van der Waals surface area contributed by atoms with Gasteiger partial charge in [-0.1, -0.05) is 41.9 Å². The Hall–Kier alpha value is -2.70. The largest absolute Gasteiger partial charge is 0.382 e. The van der Waals surface area contributed by atoms with Crippen molar-refractivity contribution in [1.29, 1.82) is 0 Å². The summed E-state index contributed by atoms with van der Waals surface area (Å²) in [6.07, 6.45) is 1.55. The zero-order chi connectivity index (χ0) is 17.8. The molecule has 2 heterocycles. The number of Topliss-reactive ketones (excluding diaryl/α,β-unsaturated/α-hetero) is 1. The normalized spacial score (nSPS) is 12.1. The highest BCUT2D eigenvalue weighted by Crippen LogP contribution is 2.18. The number of ether oxygens (including phenoxy) is 1. The molecule has 7 heteroatoms. The third kappa shape index (κ3) is 3.87. The lowest BCUT2D eigenvalue weighted by atomic mass is 10.0. The monoisotopic (exact) mass is 357 g/mol. The van der Waals surface area contributed by atoms with Crippen molar-refractivity contribution < 1.29 is 14.3 Å². The number of nitrogens with zero attached hydrogens (tertiary/aromatic N) is 1. The molecule has 0 bridgehead atoms. The van der Waals surface area contributed by atoms with E-state index in [9.17, 15) is 9.59 Å². The summed E-state index contributed by atoms with van der Waals surface area (Å²) in [4.78, 5) is 32.0. The molecule has 3 rings (SSSR count). The SMILES string of the molecule is COC[C@H](NC(=O)c1cc2cc(Cl)ncc2[nH]1)C(=O)c1ccccc1. The molecule has 0 spiro atoms. The van der Waals surface area contributed by atoms with E-state index in [0.717, 1.165) is 5.39 Å². The molecular weight excluding hydrogens is 342 g/mol. The lowest BCUT2D eigenvalue weighted by Gasteiger charge is -2.16. The van der Waals surface area contributed by atoms with Crippen LogP contribution in [0.15, 0.2) is 48.7 Å². The number of halogens is 1. The van der Waals surface area contributed by atoms with Crippen molar-refractivity contribution in [3.8, 4) is 0 Å². The van der Waals surface area contributed by atoms with Crippen LogP contribution < -0.4 is 5.32 Å². The van der Waals surface area contributed by atoms with Crippen molar-refractivity contribution in [2.45, 2.75) is 6.04 Å². The molecule has 2 aromatic heterocycles.